The molecule has 4 nitrogen and oxygen atoms in total. The topological polar surface area (TPSA) is 53.6 Å². The number of benzene rings is 1. The van der Waals surface area contributed by atoms with Gasteiger partial charge < -0.3 is 5.32 Å². The lowest BCUT2D eigenvalue weighted by Gasteiger charge is -1.98. The maximum Gasteiger partial charge on any atom is 0.181 e. The highest BCUT2D eigenvalue weighted by Gasteiger charge is 2.20. The number of aromatic nitrogens is 3. The lowest BCUT2D eigenvalue weighted by atomic mass is 10.2. The Labute approximate surface area is 100 Å². The molecule has 1 aromatic carbocycles. The zero-order chi connectivity index (χ0) is 11.5. The number of nitrogens with one attached hydrogen (secondary N) is 2. The summed E-state index contributed by atoms with van der Waals surface area (Å²) in [6.45, 7) is 1.87. The average Bonchev–Trinajstić information content (AvgIpc) is 3.07. The molecule has 2 aromatic rings. The van der Waals surface area contributed by atoms with Gasteiger partial charge in [0, 0.05) is 5.56 Å². The van der Waals surface area contributed by atoms with Crippen molar-refractivity contribution in [2.75, 3.05) is 6.54 Å². The second-order valence-corrected chi connectivity index (χ2v) is 4.55. The SMILES string of the molecule is c1ccc(-c2n[nH]c(CNCC3CC3)n2)cc1. The van der Waals surface area contributed by atoms with E-state index in [0.717, 1.165) is 36.2 Å². The molecule has 1 heterocycles. The van der Waals surface area contributed by atoms with Crippen molar-refractivity contribution >= 4 is 0 Å². The van der Waals surface area contributed by atoms with Crippen LogP contribution in [0.5, 0.6) is 0 Å². The van der Waals surface area contributed by atoms with Crippen LogP contribution >= 0.6 is 0 Å². The van der Waals surface area contributed by atoms with E-state index in [1.165, 1.54) is 12.8 Å². The van der Waals surface area contributed by atoms with E-state index in [9.17, 15) is 0 Å². The third-order valence-corrected chi connectivity index (χ3v) is 2.99. The largest absolute Gasteiger partial charge is 0.310 e. The van der Waals surface area contributed by atoms with Crippen molar-refractivity contribution in [3.05, 3.63) is 36.2 Å². The van der Waals surface area contributed by atoms with Crippen molar-refractivity contribution in [1.82, 2.24) is 20.5 Å². The van der Waals surface area contributed by atoms with Crippen molar-refractivity contribution in [2.24, 2.45) is 5.92 Å². The van der Waals surface area contributed by atoms with Crippen LogP contribution in [0.4, 0.5) is 0 Å². The van der Waals surface area contributed by atoms with Crippen LogP contribution in [-0.4, -0.2) is 21.7 Å². The fourth-order valence-electron chi connectivity index (χ4n) is 1.81. The Bertz CT molecular complexity index is 473. The lowest BCUT2D eigenvalue weighted by Crippen LogP contribution is -2.16. The summed E-state index contributed by atoms with van der Waals surface area (Å²) in [5, 5.41) is 10.6. The second-order valence-electron chi connectivity index (χ2n) is 4.55. The van der Waals surface area contributed by atoms with Gasteiger partial charge in [-0.2, -0.15) is 5.10 Å². The molecule has 1 aliphatic rings. The molecule has 0 aliphatic heterocycles. The van der Waals surface area contributed by atoms with Crippen LogP contribution in [0.25, 0.3) is 11.4 Å². The molecular formula is C13H16N4. The first-order valence-corrected chi connectivity index (χ1v) is 6.09. The Morgan fingerprint density at radius 1 is 1.24 bits per heavy atom. The van der Waals surface area contributed by atoms with E-state index < -0.39 is 0 Å². The van der Waals surface area contributed by atoms with Crippen LogP contribution in [0.15, 0.2) is 30.3 Å². The van der Waals surface area contributed by atoms with Gasteiger partial charge in [0.25, 0.3) is 0 Å². The second kappa shape index (κ2) is 4.67. The number of hydrogen-bond acceptors (Lipinski definition) is 3. The van der Waals surface area contributed by atoms with Crippen LogP contribution in [0.1, 0.15) is 18.7 Å². The van der Waals surface area contributed by atoms with E-state index >= 15 is 0 Å². The van der Waals surface area contributed by atoms with Gasteiger partial charge in [0.2, 0.25) is 0 Å². The highest BCUT2D eigenvalue weighted by atomic mass is 15.2. The fourth-order valence-corrected chi connectivity index (χ4v) is 1.81. The quantitative estimate of drug-likeness (QED) is 0.822. The molecule has 1 aromatic heterocycles. The Morgan fingerprint density at radius 2 is 2.06 bits per heavy atom. The molecule has 1 aliphatic carbocycles. The van der Waals surface area contributed by atoms with Gasteiger partial charge >= 0.3 is 0 Å². The predicted octanol–water partition coefficient (Wildman–Crippen LogP) is 1.97. The van der Waals surface area contributed by atoms with Gasteiger partial charge in [-0.05, 0) is 25.3 Å². The number of H-pyrrole nitrogens is 1. The van der Waals surface area contributed by atoms with E-state index in [-0.39, 0.29) is 0 Å². The molecular weight excluding hydrogens is 212 g/mol. The van der Waals surface area contributed by atoms with E-state index in [1.54, 1.807) is 0 Å². The number of rotatable bonds is 5. The first-order chi connectivity index (χ1) is 8.42. The van der Waals surface area contributed by atoms with Crippen molar-refractivity contribution < 1.29 is 0 Å². The summed E-state index contributed by atoms with van der Waals surface area (Å²) in [7, 11) is 0. The summed E-state index contributed by atoms with van der Waals surface area (Å²) in [5.41, 5.74) is 1.05. The van der Waals surface area contributed by atoms with E-state index in [4.69, 9.17) is 0 Å². The van der Waals surface area contributed by atoms with E-state index in [0.29, 0.717) is 0 Å². The number of hydrogen-bond donors (Lipinski definition) is 2. The minimum absolute atomic E-state index is 0.772. The molecule has 0 saturated heterocycles. The molecule has 4 heteroatoms. The monoisotopic (exact) mass is 228 g/mol. The summed E-state index contributed by atoms with van der Waals surface area (Å²) in [6, 6.07) is 10.0. The highest BCUT2D eigenvalue weighted by molar-refractivity contribution is 5.53. The Hall–Kier alpha value is -1.68. The maximum atomic E-state index is 4.47. The molecule has 0 atom stereocenters. The standard InChI is InChI=1S/C13H16N4/c1-2-4-11(5-3-1)13-15-12(16-17-13)9-14-8-10-6-7-10/h1-5,10,14H,6-9H2,(H,15,16,17). The Morgan fingerprint density at radius 3 is 2.82 bits per heavy atom. The third kappa shape index (κ3) is 2.71. The number of nitrogens with zero attached hydrogens (tertiary/aromatic N) is 2. The zero-order valence-electron chi connectivity index (χ0n) is 9.69. The minimum atomic E-state index is 0.772. The predicted molar refractivity (Wildman–Crippen MR) is 66.2 cm³/mol. The van der Waals surface area contributed by atoms with E-state index in [2.05, 4.69) is 20.5 Å². The summed E-state index contributed by atoms with van der Waals surface area (Å²) >= 11 is 0. The van der Waals surface area contributed by atoms with Gasteiger partial charge in [-0.1, -0.05) is 30.3 Å². The van der Waals surface area contributed by atoms with Gasteiger partial charge in [-0.3, -0.25) is 5.10 Å². The van der Waals surface area contributed by atoms with Crippen molar-refractivity contribution in [3.63, 3.8) is 0 Å². The fraction of sp³-hybridized carbons (Fsp3) is 0.385. The maximum absolute atomic E-state index is 4.47. The zero-order valence-corrected chi connectivity index (χ0v) is 9.69. The van der Waals surface area contributed by atoms with Crippen LogP contribution in [0, 0.1) is 5.92 Å². The normalized spacial score (nSPS) is 15.1. The molecule has 0 radical (unpaired) electrons. The van der Waals surface area contributed by atoms with Crippen molar-refractivity contribution in [1.29, 1.82) is 0 Å². The smallest absolute Gasteiger partial charge is 0.181 e. The Kier molecular flexibility index (Phi) is 2.88. The highest BCUT2D eigenvalue weighted by Crippen LogP contribution is 2.27. The summed E-state index contributed by atoms with van der Waals surface area (Å²) in [5.74, 6) is 2.57. The molecule has 17 heavy (non-hydrogen) atoms. The molecule has 3 rings (SSSR count). The molecule has 0 unspecified atom stereocenters. The Balaban J connectivity index is 1.61. The molecule has 2 N–H and O–H groups in total. The van der Waals surface area contributed by atoms with Gasteiger partial charge in [-0.25, -0.2) is 4.98 Å². The summed E-state index contributed by atoms with van der Waals surface area (Å²) < 4.78 is 0. The first kappa shape index (κ1) is 10.5. The average molecular weight is 228 g/mol. The van der Waals surface area contributed by atoms with Crippen molar-refractivity contribution in [3.8, 4) is 11.4 Å². The van der Waals surface area contributed by atoms with Crippen molar-refractivity contribution in [2.45, 2.75) is 19.4 Å². The molecule has 1 fully saturated rings. The molecule has 0 bridgehead atoms. The van der Waals surface area contributed by atoms with Crippen LogP contribution in [-0.2, 0) is 6.54 Å². The lowest BCUT2D eigenvalue weighted by molar-refractivity contribution is 0.620. The van der Waals surface area contributed by atoms with Gasteiger partial charge in [0.15, 0.2) is 5.82 Å². The summed E-state index contributed by atoms with van der Waals surface area (Å²) in [4.78, 5) is 4.47. The summed E-state index contributed by atoms with van der Waals surface area (Å²) in [6.07, 6.45) is 2.75. The van der Waals surface area contributed by atoms with E-state index in [1.807, 2.05) is 30.3 Å². The number of aromatic amines is 1. The van der Waals surface area contributed by atoms with Gasteiger partial charge in [-0.15, -0.1) is 0 Å². The van der Waals surface area contributed by atoms with Crippen LogP contribution < -0.4 is 5.32 Å². The van der Waals surface area contributed by atoms with Crippen LogP contribution in [0.2, 0.25) is 0 Å². The van der Waals surface area contributed by atoms with Gasteiger partial charge in [0.1, 0.15) is 5.82 Å². The third-order valence-electron chi connectivity index (χ3n) is 2.99. The van der Waals surface area contributed by atoms with Crippen LogP contribution in [0.3, 0.4) is 0 Å². The van der Waals surface area contributed by atoms with Gasteiger partial charge in [0.05, 0.1) is 6.54 Å². The molecule has 88 valence electrons. The molecule has 0 spiro atoms. The minimum Gasteiger partial charge on any atom is -0.310 e. The first-order valence-electron chi connectivity index (χ1n) is 6.09. The molecule has 1 saturated carbocycles. The molecule has 0 amide bonds.